The lowest BCUT2D eigenvalue weighted by Crippen LogP contribution is -2.37. The Balaban J connectivity index is 1.89. The number of nitrogens with zero attached hydrogens (tertiary/aromatic N) is 2. The van der Waals surface area contributed by atoms with Crippen molar-refractivity contribution in [3.05, 3.63) is 27.4 Å². The highest BCUT2D eigenvalue weighted by molar-refractivity contribution is 5.22. The molecular weight excluding hydrogens is 238 g/mol. The topological polar surface area (TPSA) is 49.0 Å². The molecule has 1 aliphatic heterocycles. The van der Waals surface area contributed by atoms with E-state index in [1.54, 1.807) is 0 Å². The van der Waals surface area contributed by atoms with E-state index in [0.717, 1.165) is 42.5 Å². The molecule has 0 spiro atoms. The first-order valence-corrected chi connectivity index (χ1v) is 7.28. The van der Waals surface area contributed by atoms with E-state index >= 15 is 0 Å². The second-order valence-electron chi connectivity index (χ2n) is 7.02. The molecule has 1 saturated carbocycles. The zero-order valence-corrected chi connectivity index (χ0v) is 12.1. The zero-order valence-electron chi connectivity index (χ0n) is 12.1. The van der Waals surface area contributed by atoms with Crippen LogP contribution in [0.15, 0.2) is 4.79 Å². The fourth-order valence-electron chi connectivity index (χ4n) is 2.67. The Bertz CT molecular complexity index is 537. The predicted octanol–water partition coefficient (Wildman–Crippen LogP) is 1.84. The summed E-state index contributed by atoms with van der Waals surface area (Å²) in [5.74, 6) is 1.70. The van der Waals surface area contributed by atoms with Crippen LogP contribution in [0.4, 0.5) is 0 Å². The molecule has 1 aliphatic carbocycles. The van der Waals surface area contributed by atoms with E-state index in [2.05, 4.69) is 30.7 Å². The number of hydrogen-bond donors (Lipinski definition) is 1. The highest BCUT2D eigenvalue weighted by Crippen LogP contribution is 2.31. The van der Waals surface area contributed by atoms with Crippen LogP contribution < -0.4 is 5.56 Å². The summed E-state index contributed by atoms with van der Waals surface area (Å²) < 4.78 is 0. The minimum Gasteiger partial charge on any atom is -0.310 e. The number of rotatable bonds is 2. The van der Waals surface area contributed by atoms with Gasteiger partial charge in [0.15, 0.2) is 0 Å². The minimum absolute atomic E-state index is 0.0704. The Labute approximate surface area is 114 Å². The third-order valence-corrected chi connectivity index (χ3v) is 4.08. The van der Waals surface area contributed by atoms with Gasteiger partial charge in [-0.3, -0.25) is 9.69 Å². The van der Waals surface area contributed by atoms with Gasteiger partial charge in [0.1, 0.15) is 5.82 Å². The first-order valence-electron chi connectivity index (χ1n) is 7.28. The molecule has 1 aromatic rings. The van der Waals surface area contributed by atoms with Crippen molar-refractivity contribution in [2.75, 3.05) is 13.1 Å². The number of aromatic nitrogens is 2. The van der Waals surface area contributed by atoms with Crippen LogP contribution >= 0.6 is 0 Å². The van der Waals surface area contributed by atoms with Crippen molar-refractivity contribution in [3.8, 4) is 0 Å². The number of fused-ring (bicyclic) bond motifs is 1. The zero-order chi connectivity index (χ0) is 13.6. The van der Waals surface area contributed by atoms with E-state index in [4.69, 9.17) is 4.98 Å². The van der Waals surface area contributed by atoms with Crippen molar-refractivity contribution >= 4 is 0 Å². The normalized spacial score (nSPS) is 20.4. The van der Waals surface area contributed by atoms with Crippen LogP contribution in [0.1, 0.15) is 50.7 Å². The van der Waals surface area contributed by atoms with Gasteiger partial charge in [0.25, 0.3) is 5.56 Å². The number of hydrogen-bond acceptors (Lipinski definition) is 3. The quantitative estimate of drug-likeness (QED) is 0.883. The molecule has 0 saturated heterocycles. The van der Waals surface area contributed by atoms with Crippen molar-refractivity contribution in [1.82, 2.24) is 14.9 Å². The number of aromatic amines is 1. The fraction of sp³-hybridized carbons (Fsp3) is 0.733. The predicted molar refractivity (Wildman–Crippen MR) is 75.3 cm³/mol. The summed E-state index contributed by atoms with van der Waals surface area (Å²) >= 11 is 0. The average molecular weight is 261 g/mol. The van der Waals surface area contributed by atoms with Gasteiger partial charge < -0.3 is 4.98 Å². The molecule has 0 unspecified atom stereocenters. The average Bonchev–Trinajstić information content (AvgIpc) is 3.11. The van der Waals surface area contributed by atoms with Gasteiger partial charge in [-0.05, 0) is 25.2 Å². The molecule has 0 atom stereocenters. The lowest BCUT2D eigenvalue weighted by molar-refractivity contribution is 0.238. The van der Waals surface area contributed by atoms with Crippen molar-refractivity contribution in [2.45, 2.75) is 52.0 Å². The van der Waals surface area contributed by atoms with Gasteiger partial charge in [0.05, 0.1) is 5.69 Å². The second-order valence-corrected chi connectivity index (χ2v) is 7.02. The second kappa shape index (κ2) is 4.44. The molecule has 0 bridgehead atoms. The Morgan fingerprint density at radius 1 is 1.37 bits per heavy atom. The maximum atomic E-state index is 12.2. The van der Waals surface area contributed by atoms with Gasteiger partial charge in [0, 0.05) is 30.6 Å². The van der Waals surface area contributed by atoms with E-state index in [9.17, 15) is 4.79 Å². The minimum atomic E-state index is -0.104. The molecule has 3 rings (SSSR count). The maximum Gasteiger partial charge on any atom is 0.254 e. The van der Waals surface area contributed by atoms with E-state index in [-0.39, 0.29) is 11.0 Å². The Kier molecular flexibility index (Phi) is 3.01. The molecule has 19 heavy (non-hydrogen) atoms. The summed E-state index contributed by atoms with van der Waals surface area (Å²) in [5, 5.41) is 0. The molecule has 2 aliphatic rings. The van der Waals surface area contributed by atoms with Gasteiger partial charge >= 0.3 is 0 Å². The van der Waals surface area contributed by atoms with Gasteiger partial charge in [0.2, 0.25) is 0 Å². The van der Waals surface area contributed by atoms with Gasteiger partial charge in [-0.2, -0.15) is 0 Å². The van der Waals surface area contributed by atoms with E-state index in [1.165, 1.54) is 19.4 Å². The molecule has 4 heteroatoms. The summed E-state index contributed by atoms with van der Waals surface area (Å²) in [4.78, 5) is 22.3. The molecule has 104 valence electrons. The third kappa shape index (κ3) is 2.73. The molecule has 1 N–H and O–H groups in total. The molecule has 0 aromatic carbocycles. The standard InChI is InChI=1S/C15H23N3O/c1-15(2,3)14-16-12-9-18(8-10-4-5-10)7-6-11(12)13(19)17-14/h10H,4-9H2,1-3H3,(H,16,17,19). The van der Waals surface area contributed by atoms with Crippen molar-refractivity contribution < 1.29 is 0 Å². The summed E-state index contributed by atoms with van der Waals surface area (Å²) in [6.45, 7) is 9.29. The molecule has 2 heterocycles. The lowest BCUT2D eigenvalue weighted by atomic mass is 9.95. The Morgan fingerprint density at radius 2 is 2.11 bits per heavy atom. The van der Waals surface area contributed by atoms with Crippen molar-refractivity contribution in [3.63, 3.8) is 0 Å². The third-order valence-electron chi connectivity index (χ3n) is 4.08. The van der Waals surface area contributed by atoms with E-state index in [1.807, 2.05) is 0 Å². The Hall–Kier alpha value is -1.16. The highest BCUT2D eigenvalue weighted by Gasteiger charge is 2.28. The lowest BCUT2D eigenvalue weighted by Gasteiger charge is -2.28. The fourth-order valence-corrected chi connectivity index (χ4v) is 2.67. The first-order chi connectivity index (χ1) is 8.93. The van der Waals surface area contributed by atoms with Gasteiger partial charge in [-0.15, -0.1) is 0 Å². The summed E-state index contributed by atoms with van der Waals surface area (Å²) in [6.07, 6.45) is 3.59. The molecule has 4 nitrogen and oxygen atoms in total. The van der Waals surface area contributed by atoms with Crippen LogP contribution in [0.5, 0.6) is 0 Å². The van der Waals surface area contributed by atoms with Crippen molar-refractivity contribution in [1.29, 1.82) is 0 Å². The van der Waals surface area contributed by atoms with Crippen LogP contribution in [0.2, 0.25) is 0 Å². The molecule has 0 amide bonds. The summed E-state index contributed by atoms with van der Waals surface area (Å²) in [6, 6.07) is 0. The monoisotopic (exact) mass is 261 g/mol. The smallest absolute Gasteiger partial charge is 0.254 e. The molecule has 0 radical (unpaired) electrons. The molecular formula is C15H23N3O. The molecule has 1 fully saturated rings. The van der Waals surface area contributed by atoms with Gasteiger partial charge in [-0.1, -0.05) is 20.8 Å². The van der Waals surface area contributed by atoms with Crippen LogP contribution in [-0.2, 0) is 18.4 Å². The first kappa shape index (κ1) is 12.9. The Morgan fingerprint density at radius 3 is 2.74 bits per heavy atom. The van der Waals surface area contributed by atoms with Crippen LogP contribution in [-0.4, -0.2) is 28.0 Å². The number of H-pyrrole nitrogens is 1. The van der Waals surface area contributed by atoms with E-state index in [0.29, 0.717) is 0 Å². The summed E-state index contributed by atoms with van der Waals surface area (Å²) in [7, 11) is 0. The van der Waals surface area contributed by atoms with Crippen molar-refractivity contribution in [2.24, 2.45) is 5.92 Å². The van der Waals surface area contributed by atoms with Crippen LogP contribution in [0.3, 0.4) is 0 Å². The summed E-state index contributed by atoms with van der Waals surface area (Å²) in [5.41, 5.74) is 1.87. The maximum absolute atomic E-state index is 12.2. The number of nitrogens with one attached hydrogen (secondary N) is 1. The van der Waals surface area contributed by atoms with Crippen LogP contribution in [0.25, 0.3) is 0 Å². The highest BCUT2D eigenvalue weighted by atomic mass is 16.1. The largest absolute Gasteiger partial charge is 0.310 e. The van der Waals surface area contributed by atoms with E-state index < -0.39 is 0 Å². The van der Waals surface area contributed by atoms with Crippen LogP contribution in [0, 0.1) is 5.92 Å². The molecule has 1 aromatic heterocycles. The SMILES string of the molecule is CC(C)(C)c1nc2c(c(=O)[nH]1)CCN(CC1CC1)C2. The van der Waals surface area contributed by atoms with Gasteiger partial charge in [-0.25, -0.2) is 4.98 Å².